The normalized spacial score (nSPS) is 14.7. The summed E-state index contributed by atoms with van der Waals surface area (Å²) in [5, 5.41) is 2.16. The van der Waals surface area contributed by atoms with Crippen LogP contribution in [0.4, 0.5) is 0 Å². The van der Waals surface area contributed by atoms with Crippen LogP contribution in [0, 0.1) is 4.91 Å². The van der Waals surface area contributed by atoms with Crippen molar-refractivity contribution >= 4 is 12.3 Å². The highest BCUT2D eigenvalue weighted by molar-refractivity contribution is 5.32. The average molecular weight is 146 g/mol. The molecule has 0 amide bonds. The predicted octanol–water partition coefficient (Wildman–Crippen LogP) is -0.00240. The summed E-state index contributed by atoms with van der Waals surface area (Å²) >= 11 is 0. The van der Waals surface area contributed by atoms with Gasteiger partial charge in [0.25, 0.3) is 0 Å². The molecule has 2 rings (SSSR count). The van der Waals surface area contributed by atoms with E-state index in [0.717, 1.165) is 15.2 Å². The van der Waals surface area contributed by atoms with E-state index in [1.165, 1.54) is 0 Å². The fraction of sp³-hybridized carbons (Fsp3) is 0.111. The van der Waals surface area contributed by atoms with Gasteiger partial charge in [0.15, 0.2) is 0 Å². The maximum Gasteiger partial charge on any atom is 0.229 e. The van der Waals surface area contributed by atoms with Gasteiger partial charge in [0, 0.05) is 14.9 Å². The Kier molecular flexibility index (Phi) is 1.32. The number of nitrogens with zero attached hydrogens (tertiary/aromatic N) is 1. The van der Waals surface area contributed by atoms with Crippen molar-refractivity contribution in [1.29, 1.82) is 0 Å². The lowest BCUT2D eigenvalue weighted by Crippen LogP contribution is -2.30. The Morgan fingerprint density at radius 2 is 1.91 bits per heavy atom. The first-order valence-corrected chi connectivity index (χ1v) is 3.57. The van der Waals surface area contributed by atoms with E-state index in [1.54, 1.807) is 6.20 Å². The molecule has 0 bridgehead atoms. The third kappa shape index (κ3) is 1.07. The lowest BCUT2D eigenvalue weighted by molar-refractivity contribution is -0.428. The summed E-state index contributed by atoms with van der Waals surface area (Å²) in [5.41, 5.74) is 0. The monoisotopic (exact) mass is 146 g/mol. The van der Waals surface area contributed by atoms with E-state index in [4.69, 9.17) is 0 Å². The Labute approximate surface area is 64.0 Å². The molecular weight excluding hydrogens is 138 g/mol. The summed E-state index contributed by atoms with van der Waals surface area (Å²) in [7, 11) is 0. The van der Waals surface area contributed by atoms with Crippen LogP contribution in [0.1, 0.15) is 0 Å². The molecule has 0 aliphatic carbocycles. The lowest BCUT2D eigenvalue weighted by atomic mass is 10.2. The molecule has 0 unspecified atom stereocenters. The van der Waals surface area contributed by atoms with Crippen LogP contribution in [0.2, 0.25) is 0 Å². The zero-order chi connectivity index (χ0) is 7.68. The third-order valence-corrected chi connectivity index (χ3v) is 1.77. The van der Waals surface area contributed by atoms with Crippen molar-refractivity contribution in [3.63, 3.8) is 0 Å². The molecule has 0 atom stereocenters. The van der Waals surface area contributed by atoms with Gasteiger partial charge in [0.1, 0.15) is 0 Å². The Bertz CT molecular complexity index is 406. The van der Waals surface area contributed by atoms with Crippen molar-refractivity contribution in [3.05, 3.63) is 39.6 Å². The topological polar surface area (TPSA) is 20.1 Å². The second-order valence-electron chi connectivity index (χ2n) is 2.56. The summed E-state index contributed by atoms with van der Waals surface area (Å²) in [5.74, 6) is 0. The van der Waals surface area contributed by atoms with Crippen LogP contribution in [0.5, 0.6) is 0 Å². The number of benzene rings is 1. The summed E-state index contributed by atoms with van der Waals surface area (Å²) in [6, 6.07) is 7.86. The number of hydrogen-bond acceptors (Lipinski definition) is 1. The van der Waals surface area contributed by atoms with Crippen molar-refractivity contribution in [3.8, 4) is 0 Å². The maximum absolute atomic E-state index is 10.9. The molecule has 0 saturated carbocycles. The van der Waals surface area contributed by atoms with E-state index in [-0.39, 0.29) is 0 Å². The Hall–Kier alpha value is -1.44. The van der Waals surface area contributed by atoms with Crippen LogP contribution in [0.25, 0.3) is 12.3 Å². The van der Waals surface area contributed by atoms with Crippen molar-refractivity contribution in [1.82, 2.24) is 0 Å². The molecule has 1 aliphatic heterocycles. The number of fused-ring (bicyclic) bond motifs is 1. The minimum Gasteiger partial charge on any atom is -0.0616 e. The van der Waals surface area contributed by atoms with E-state index in [1.807, 2.05) is 30.3 Å². The van der Waals surface area contributed by atoms with Crippen LogP contribution in [-0.2, 0) is 0 Å². The van der Waals surface area contributed by atoms with Crippen LogP contribution < -0.4 is 10.4 Å². The van der Waals surface area contributed by atoms with Crippen molar-refractivity contribution in [2.24, 2.45) is 0 Å². The van der Waals surface area contributed by atoms with Gasteiger partial charge in [-0.05, 0) is 17.4 Å². The Balaban J connectivity index is 2.83. The van der Waals surface area contributed by atoms with Gasteiger partial charge in [-0.2, -0.15) is 0 Å². The second kappa shape index (κ2) is 2.31. The molecule has 2 nitrogen and oxygen atoms in total. The maximum atomic E-state index is 10.9. The molecule has 1 aromatic rings. The highest BCUT2D eigenvalue weighted by Gasteiger charge is 2.04. The molecule has 0 aromatic heterocycles. The molecule has 0 spiro atoms. The molecular formula is C9H8NO+. The highest BCUT2D eigenvalue weighted by atomic mass is 16.3. The average Bonchev–Trinajstić information content (AvgIpc) is 2.04. The smallest absolute Gasteiger partial charge is 0.0616 e. The SMILES string of the molecule is O=[N+]1C=c2ccccc2=CC1. The molecule has 11 heavy (non-hydrogen) atoms. The van der Waals surface area contributed by atoms with Crippen LogP contribution in [-0.4, -0.2) is 11.3 Å². The Morgan fingerprint density at radius 3 is 2.73 bits per heavy atom. The first kappa shape index (κ1) is 6.28. The van der Waals surface area contributed by atoms with Gasteiger partial charge in [-0.25, -0.2) is 0 Å². The van der Waals surface area contributed by atoms with Crippen molar-refractivity contribution in [2.45, 2.75) is 0 Å². The summed E-state index contributed by atoms with van der Waals surface area (Å²) < 4.78 is 0.933. The molecule has 0 fully saturated rings. The lowest BCUT2D eigenvalue weighted by Gasteiger charge is -1.91. The van der Waals surface area contributed by atoms with Gasteiger partial charge in [-0.15, -0.1) is 0 Å². The van der Waals surface area contributed by atoms with E-state index >= 15 is 0 Å². The molecule has 1 aromatic carbocycles. The van der Waals surface area contributed by atoms with Crippen molar-refractivity contribution < 1.29 is 4.76 Å². The number of hydrogen-bond donors (Lipinski definition) is 0. The van der Waals surface area contributed by atoms with E-state index in [0.29, 0.717) is 6.54 Å². The molecule has 0 radical (unpaired) electrons. The van der Waals surface area contributed by atoms with Crippen LogP contribution in [0.3, 0.4) is 0 Å². The molecule has 0 N–H and O–H groups in total. The van der Waals surface area contributed by atoms with Gasteiger partial charge in [-0.3, -0.25) is 0 Å². The first-order valence-electron chi connectivity index (χ1n) is 3.57. The molecule has 1 aliphatic rings. The van der Waals surface area contributed by atoms with Gasteiger partial charge >= 0.3 is 0 Å². The van der Waals surface area contributed by atoms with Crippen LogP contribution >= 0.6 is 0 Å². The molecule has 54 valence electrons. The van der Waals surface area contributed by atoms with Gasteiger partial charge in [0.05, 0.1) is 0 Å². The predicted molar refractivity (Wildman–Crippen MR) is 43.1 cm³/mol. The fourth-order valence-corrected chi connectivity index (χ4v) is 1.21. The summed E-state index contributed by atoms with van der Waals surface area (Å²) in [6.07, 6.45) is 3.55. The van der Waals surface area contributed by atoms with Gasteiger partial charge < -0.3 is 0 Å². The minimum atomic E-state index is 0.469. The minimum absolute atomic E-state index is 0.469. The Morgan fingerprint density at radius 1 is 1.18 bits per heavy atom. The van der Waals surface area contributed by atoms with E-state index in [2.05, 4.69) is 0 Å². The zero-order valence-electron chi connectivity index (χ0n) is 6.03. The quantitative estimate of drug-likeness (QED) is 0.472. The van der Waals surface area contributed by atoms with Gasteiger partial charge in [0.2, 0.25) is 12.7 Å². The van der Waals surface area contributed by atoms with Gasteiger partial charge in [-0.1, -0.05) is 18.2 Å². The highest BCUT2D eigenvalue weighted by Crippen LogP contribution is 1.82. The largest absolute Gasteiger partial charge is 0.229 e. The van der Waals surface area contributed by atoms with E-state index < -0.39 is 0 Å². The first-order chi connectivity index (χ1) is 5.36. The van der Waals surface area contributed by atoms with Crippen LogP contribution in [0.15, 0.2) is 24.3 Å². The number of rotatable bonds is 0. The fourth-order valence-electron chi connectivity index (χ4n) is 1.21. The third-order valence-electron chi connectivity index (χ3n) is 1.77. The molecule has 1 heterocycles. The standard InChI is InChI=1S/C9H8NO/c11-10-6-5-8-3-1-2-4-9(8)7-10/h1-5,7H,6H2/q+1. The number of nitroso groups, excluding NO2 is 1. The van der Waals surface area contributed by atoms with E-state index in [9.17, 15) is 4.91 Å². The molecule has 2 heteroatoms. The van der Waals surface area contributed by atoms with Crippen molar-refractivity contribution in [2.75, 3.05) is 6.54 Å². The summed E-state index contributed by atoms with van der Waals surface area (Å²) in [6.45, 7) is 0.469. The second-order valence-corrected chi connectivity index (χ2v) is 2.56. The summed E-state index contributed by atoms with van der Waals surface area (Å²) in [4.78, 5) is 10.9. The molecule has 0 saturated heterocycles. The zero-order valence-corrected chi connectivity index (χ0v) is 6.03.